The zero-order chi connectivity index (χ0) is 12.7. The summed E-state index contributed by atoms with van der Waals surface area (Å²) < 4.78 is 88.0. The molecule has 0 bridgehead atoms. The Kier molecular flexibility index (Phi) is 3.10. The molecule has 0 amide bonds. The van der Waals surface area contributed by atoms with Crippen molar-refractivity contribution in [2.45, 2.75) is 6.05 Å². The molecule has 0 spiro atoms. The van der Waals surface area contributed by atoms with E-state index in [4.69, 9.17) is 5.21 Å². The summed E-state index contributed by atoms with van der Waals surface area (Å²) in [5.41, 5.74) is -2.31. The molecule has 90 valence electrons. The molecule has 0 aliphatic carbocycles. The van der Waals surface area contributed by atoms with Crippen molar-refractivity contribution in [2.24, 2.45) is 0 Å². The van der Waals surface area contributed by atoms with Gasteiger partial charge in [0.25, 0.3) is 0 Å². The normalized spacial score (nSPS) is 12.0. The highest BCUT2D eigenvalue weighted by molar-refractivity contribution is 5.27. The molecule has 1 rings (SSSR count). The Morgan fingerprint density at radius 2 is 1.06 bits per heavy atom. The third-order valence-electron chi connectivity index (χ3n) is 1.66. The molecule has 0 atom stereocenters. The van der Waals surface area contributed by atoms with Crippen LogP contribution in [-0.2, 0) is 6.05 Å². The average Bonchev–Trinajstić information content (AvgIpc) is 2.23. The van der Waals surface area contributed by atoms with Gasteiger partial charge in [-0.1, -0.05) is 0 Å². The predicted octanol–water partition coefficient (Wildman–Crippen LogP) is 2.41. The van der Waals surface area contributed by atoms with E-state index in [-0.39, 0.29) is 5.48 Å². The van der Waals surface area contributed by atoms with E-state index in [2.05, 4.69) is 0 Å². The number of hydrogen-bond donors (Lipinski definition) is 2. The summed E-state index contributed by atoms with van der Waals surface area (Å²) in [7, 11) is 0. The van der Waals surface area contributed by atoms with E-state index in [0.29, 0.717) is 0 Å². The summed E-state index contributed by atoms with van der Waals surface area (Å²) >= 11 is 0. The Morgan fingerprint density at radius 1 is 0.750 bits per heavy atom. The van der Waals surface area contributed by atoms with Crippen molar-refractivity contribution in [3.63, 3.8) is 0 Å². The average molecular weight is 249 g/mol. The fraction of sp³-hybridized carbons (Fsp3) is 0.143. The smallest absolute Gasteiger partial charge is 0.311 e. The molecular weight excluding hydrogens is 247 g/mol. The van der Waals surface area contributed by atoms with Crippen LogP contribution in [0.2, 0.25) is 0 Å². The molecule has 0 fully saturated rings. The Morgan fingerprint density at radius 3 is 1.38 bits per heavy atom. The lowest BCUT2D eigenvalue weighted by atomic mass is 10.1. The third-order valence-corrected chi connectivity index (χ3v) is 1.66. The van der Waals surface area contributed by atoms with Gasteiger partial charge in [0.05, 0.1) is 0 Å². The van der Waals surface area contributed by atoms with E-state index in [9.17, 15) is 30.7 Å². The molecule has 0 heterocycles. The van der Waals surface area contributed by atoms with Crippen LogP contribution in [0.15, 0.2) is 0 Å². The highest BCUT2D eigenvalue weighted by Gasteiger charge is 2.42. The van der Waals surface area contributed by atoms with Crippen LogP contribution in [0.4, 0.5) is 30.7 Å². The second-order valence-electron chi connectivity index (χ2n) is 2.63. The first-order valence-corrected chi connectivity index (χ1v) is 3.55. The van der Waals surface area contributed by atoms with Gasteiger partial charge in [-0.2, -0.15) is 8.78 Å². The van der Waals surface area contributed by atoms with E-state index < -0.39 is 40.7 Å². The molecule has 0 aromatic heterocycles. The van der Waals surface area contributed by atoms with Crippen molar-refractivity contribution >= 4 is 0 Å². The van der Waals surface area contributed by atoms with Crippen molar-refractivity contribution < 1.29 is 35.9 Å². The number of hydroxylamine groups is 1. The number of alkyl halides is 2. The van der Waals surface area contributed by atoms with Gasteiger partial charge in [-0.3, -0.25) is 0 Å². The summed E-state index contributed by atoms with van der Waals surface area (Å²) in [6, 6.07) is -4.80. The number of rotatable bonds is 2. The number of hydrogen-bond acceptors (Lipinski definition) is 2. The van der Waals surface area contributed by atoms with E-state index in [1.807, 2.05) is 0 Å². The maximum atomic E-state index is 12.7. The highest BCUT2D eigenvalue weighted by Crippen LogP contribution is 2.33. The van der Waals surface area contributed by atoms with Crippen molar-refractivity contribution in [2.75, 3.05) is 0 Å². The standard InChI is InChI=1S/C7H2F7NO/c8-2-1(7(13,14)15-16)3(9)5(11)6(12)4(2)10/h15-16H. The molecule has 0 radical (unpaired) electrons. The summed E-state index contributed by atoms with van der Waals surface area (Å²) in [5.74, 6) is -13.0. The van der Waals surface area contributed by atoms with Crippen LogP contribution in [0.1, 0.15) is 5.56 Å². The van der Waals surface area contributed by atoms with Gasteiger partial charge < -0.3 is 5.21 Å². The number of benzene rings is 1. The quantitative estimate of drug-likeness (QED) is 0.277. The largest absolute Gasteiger partial charge is 0.355 e. The first kappa shape index (κ1) is 12.7. The van der Waals surface area contributed by atoms with Gasteiger partial charge in [-0.05, 0) is 0 Å². The Balaban J connectivity index is 3.65. The van der Waals surface area contributed by atoms with E-state index in [1.54, 1.807) is 0 Å². The lowest BCUT2D eigenvalue weighted by Crippen LogP contribution is -2.34. The fourth-order valence-electron chi connectivity index (χ4n) is 0.936. The van der Waals surface area contributed by atoms with Crippen LogP contribution < -0.4 is 5.48 Å². The maximum absolute atomic E-state index is 12.7. The Labute approximate surface area is 83.3 Å². The topological polar surface area (TPSA) is 32.3 Å². The van der Waals surface area contributed by atoms with Crippen molar-refractivity contribution in [1.82, 2.24) is 5.48 Å². The lowest BCUT2D eigenvalue weighted by Gasteiger charge is -2.16. The number of nitrogens with one attached hydrogen (secondary N) is 1. The van der Waals surface area contributed by atoms with Gasteiger partial charge in [-0.15, -0.1) is 5.48 Å². The maximum Gasteiger partial charge on any atom is 0.355 e. The minimum Gasteiger partial charge on any atom is -0.311 e. The Hall–Kier alpha value is -1.35. The van der Waals surface area contributed by atoms with Crippen molar-refractivity contribution in [3.8, 4) is 0 Å². The zero-order valence-corrected chi connectivity index (χ0v) is 7.09. The molecule has 1 aromatic carbocycles. The molecular formula is C7H2F7NO. The summed E-state index contributed by atoms with van der Waals surface area (Å²) in [5, 5.41) is 7.88. The molecule has 0 saturated carbocycles. The highest BCUT2D eigenvalue weighted by atomic mass is 19.3. The fourth-order valence-corrected chi connectivity index (χ4v) is 0.936. The molecule has 16 heavy (non-hydrogen) atoms. The SMILES string of the molecule is ONC(F)(F)c1c(F)c(F)c(F)c(F)c1F. The molecule has 0 saturated heterocycles. The molecule has 2 nitrogen and oxygen atoms in total. The minimum absolute atomic E-state index is 0.144. The minimum atomic E-state index is -4.80. The molecule has 0 aliphatic rings. The van der Waals surface area contributed by atoms with Crippen molar-refractivity contribution in [3.05, 3.63) is 34.6 Å². The lowest BCUT2D eigenvalue weighted by molar-refractivity contribution is -0.138. The van der Waals surface area contributed by atoms with Gasteiger partial charge in [0.1, 0.15) is 5.56 Å². The third kappa shape index (κ3) is 1.71. The summed E-state index contributed by atoms with van der Waals surface area (Å²) in [6.07, 6.45) is 0. The van der Waals surface area contributed by atoms with E-state index in [0.717, 1.165) is 0 Å². The van der Waals surface area contributed by atoms with Gasteiger partial charge in [0, 0.05) is 0 Å². The van der Waals surface area contributed by atoms with Crippen LogP contribution in [0, 0.1) is 29.1 Å². The molecule has 2 N–H and O–H groups in total. The van der Waals surface area contributed by atoms with Crippen LogP contribution in [0.25, 0.3) is 0 Å². The first-order valence-electron chi connectivity index (χ1n) is 3.55. The second-order valence-corrected chi connectivity index (χ2v) is 2.63. The van der Waals surface area contributed by atoms with Gasteiger partial charge >= 0.3 is 6.05 Å². The van der Waals surface area contributed by atoms with Gasteiger partial charge in [0.15, 0.2) is 23.3 Å². The second kappa shape index (κ2) is 3.91. The summed E-state index contributed by atoms with van der Waals surface area (Å²) in [4.78, 5) is 0. The predicted molar refractivity (Wildman–Crippen MR) is 35.0 cm³/mol. The van der Waals surface area contributed by atoms with Crippen LogP contribution in [0.5, 0.6) is 0 Å². The molecule has 0 unspecified atom stereocenters. The molecule has 9 heteroatoms. The van der Waals surface area contributed by atoms with Crippen LogP contribution in [-0.4, -0.2) is 5.21 Å². The van der Waals surface area contributed by atoms with E-state index in [1.165, 1.54) is 0 Å². The van der Waals surface area contributed by atoms with E-state index >= 15 is 0 Å². The molecule has 1 aromatic rings. The number of halogens is 7. The van der Waals surface area contributed by atoms with Gasteiger partial charge in [0.2, 0.25) is 5.82 Å². The van der Waals surface area contributed by atoms with Crippen LogP contribution >= 0.6 is 0 Å². The summed E-state index contributed by atoms with van der Waals surface area (Å²) in [6.45, 7) is 0. The zero-order valence-electron chi connectivity index (χ0n) is 7.09. The Bertz CT molecular complexity index is 404. The van der Waals surface area contributed by atoms with Crippen LogP contribution in [0.3, 0.4) is 0 Å². The van der Waals surface area contributed by atoms with Gasteiger partial charge in [-0.25, -0.2) is 22.0 Å². The first-order chi connectivity index (χ1) is 7.24. The molecule has 0 aliphatic heterocycles. The monoisotopic (exact) mass is 249 g/mol. The van der Waals surface area contributed by atoms with Crippen molar-refractivity contribution in [1.29, 1.82) is 0 Å².